The van der Waals surface area contributed by atoms with Crippen LogP contribution < -0.4 is 25.7 Å². The van der Waals surface area contributed by atoms with E-state index in [-0.39, 0.29) is 11.6 Å². The third-order valence-electron chi connectivity index (χ3n) is 4.20. The van der Waals surface area contributed by atoms with Gasteiger partial charge in [-0.25, -0.2) is 9.48 Å². The number of carbonyl (C=O) groups is 1. The van der Waals surface area contributed by atoms with E-state index in [0.29, 0.717) is 41.8 Å². The number of urea groups is 1. The maximum atomic E-state index is 12.4. The molecule has 0 aliphatic heterocycles. The maximum absolute atomic E-state index is 12.4. The van der Waals surface area contributed by atoms with Gasteiger partial charge in [0, 0.05) is 36.1 Å². The standard InChI is InChI=1S/C22H24N4O4/c1-4-29-19-12-10-17(14-20(19)30-5-2)24-22(28)23-16-8-6-15(7-9-16)18-11-13-21(27)26(3)25-18/h6-14H,4-5H2,1-3H3,(H2,23,24,28). The number of carbonyl (C=O) groups excluding carboxylic acids is 1. The molecule has 8 heteroatoms. The van der Waals surface area contributed by atoms with Crippen molar-refractivity contribution < 1.29 is 14.3 Å². The van der Waals surface area contributed by atoms with E-state index in [2.05, 4.69) is 15.7 Å². The SMILES string of the molecule is CCOc1ccc(NC(=O)Nc2ccc(-c3ccc(=O)n(C)n3)cc2)cc1OCC. The minimum absolute atomic E-state index is 0.171. The van der Waals surface area contributed by atoms with Crippen LogP contribution in [0.25, 0.3) is 11.3 Å². The molecular formula is C22H24N4O4. The van der Waals surface area contributed by atoms with Crippen LogP contribution in [0.2, 0.25) is 0 Å². The molecule has 8 nitrogen and oxygen atoms in total. The van der Waals surface area contributed by atoms with Gasteiger partial charge in [0.2, 0.25) is 0 Å². The molecule has 156 valence electrons. The van der Waals surface area contributed by atoms with Gasteiger partial charge in [0.1, 0.15) is 0 Å². The molecule has 2 aromatic carbocycles. The Hall–Kier alpha value is -3.81. The highest BCUT2D eigenvalue weighted by Crippen LogP contribution is 2.30. The van der Waals surface area contributed by atoms with Crippen LogP contribution in [0.5, 0.6) is 11.5 Å². The summed E-state index contributed by atoms with van der Waals surface area (Å²) < 4.78 is 12.4. The smallest absolute Gasteiger partial charge is 0.323 e. The van der Waals surface area contributed by atoms with Gasteiger partial charge in [-0.1, -0.05) is 12.1 Å². The number of hydrogen-bond donors (Lipinski definition) is 2. The summed E-state index contributed by atoms with van der Waals surface area (Å²) in [6, 6.07) is 15.2. The average Bonchev–Trinajstić information content (AvgIpc) is 2.73. The maximum Gasteiger partial charge on any atom is 0.323 e. The predicted octanol–water partition coefficient (Wildman–Crippen LogP) is 3.89. The van der Waals surface area contributed by atoms with Crippen LogP contribution in [0, 0.1) is 0 Å². The predicted molar refractivity (Wildman–Crippen MR) is 116 cm³/mol. The molecule has 30 heavy (non-hydrogen) atoms. The van der Waals surface area contributed by atoms with Crippen LogP contribution in [-0.2, 0) is 7.05 Å². The fourth-order valence-corrected chi connectivity index (χ4v) is 2.80. The summed E-state index contributed by atoms with van der Waals surface area (Å²) >= 11 is 0. The first-order valence-corrected chi connectivity index (χ1v) is 9.62. The molecule has 0 saturated heterocycles. The molecule has 2 N–H and O–H groups in total. The summed E-state index contributed by atoms with van der Waals surface area (Å²) in [5, 5.41) is 9.78. The van der Waals surface area contributed by atoms with E-state index >= 15 is 0 Å². The van der Waals surface area contributed by atoms with E-state index in [4.69, 9.17) is 9.47 Å². The first-order chi connectivity index (χ1) is 14.5. The number of benzene rings is 2. The van der Waals surface area contributed by atoms with Crippen molar-refractivity contribution in [2.75, 3.05) is 23.8 Å². The molecule has 0 aliphatic rings. The number of amides is 2. The molecule has 2 amide bonds. The molecule has 0 unspecified atom stereocenters. The number of nitrogens with zero attached hydrogens (tertiary/aromatic N) is 2. The molecule has 3 aromatic rings. The zero-order chi connectivity index (χ0) is 21.5. The molecule has 0 bridgehead atoms. The van der Waals surface area contributed by atoms with Gasteiger partial charge >= 0.3 is 6.03 Å². The van der Waals surface area contributed by atoms with E-state index in [1.54, 1.807) is 43.4 Å². The fourth-order valence-electron chi connectivity index (χ4n) is 2.80. The lowest BCUT2D eigenvalue weighted by atomic mass is 10.1. The first kappa shape index (κ1) is 20.9. The van der Waals surface area contributed by atoms with Gasteiger partial charge in [-0.15, -0.1) is 0 Å². The molecule has 3 rings (SSSR count). The Labute approximate surface area is 174 Å². The zero-order valence-electron chi connectivity index (χ0n) is 17.1. The fraction of sp³-hybridized carbons (Fsp3) is 0.227. The summed E-state index contributed by atoms with van der Waals surface area (Å²) in [4.78, 5) is 23.8. The van der Waals surface area contributed by atoms with E-state index in [9.17, 15) is 9.59 Å². The quantitative estimate of drug-likeness (QED) is 0.619. The Kier molecular flexibility index (Phi) is 6.69. The summed E-state index contributed by atoms with van der Waals surface area (Å²) in [6.07, 6.45) is 0. The highest BCUT2D eigenvalue weighted by Gasteiger charge is 2.09. The Morgan fingerprint density at radius 3 is 2.20 bits per heavy atom. The number of rotatable bonds is 7. The van der Waals surface area contributed by atoms with E-state index in [1.165, 1.54) is 10.7 Å². The highest BCUT2D eigenvalue weighted by molar-refractivity contribution is 6.00. The summed E-state index contributed by atoms with van der Waals surface area (Å²) in [5.41, 5.74) is 2.55. The van der Waals surface area contributed by atoms with Crippen molar-refractivity contribution in [2.45, 2.75) is 13.8 Å². The second-order valence-corrected chi connectivity index (χ2v) is 6.36. The summed E-state index contributed by atoms with van der Waals surface area (Å²) in [7, 11) is 1.60. The van der Waals surface area contributed by atoms with Gasteiger partial charge in [0.25, 0.3) is 5.56 Å². The minimum Gasteiger partial charge on any atom is -0.490 e. The second kappa shape index (κ2) is 9.60. The molecule has 0 saturated carbocycles. The molecule has 1 heterocycles. The second-order valence-electron chi connectivity index (χ2n) is 6.36. The monoisotopic (exact) mass is 408 g/mol. The number of nitrogens with one attached hydrogen (secondary N) is 2. The lowest BCUT2D eigenvalue weighted by Crippen LogP contribution is -2.19. The Bertz CT molecular complexity index is 1080. The van der Waals surface area contributed by atoms with Crippen LogP contribution in [0.1, 0.15) is 13.8 Å². The van der Waals surface area contributed by atoms with Crippen molar-refractivity contribution in [1.82, 2.24) is 9.78 Å². The Morgan fingerprint density at radius 2 is 1.53 bits per heavy atom. The van der Waals surface area contributed by atoms with Crippen molar-refractivity contribution in [3.8, 4) is 22.8 Å². The molecule has 0 spiro atoms. The highest BCUT2D eigenvalue weighted by atomic mass is 16.5. The molecule has 0 aliphatic carbocycles. The van der Waals surface area contributed by atoms with Crippen LogP contribution in [0.3, 0.4) is 0 Å². The molecule has 0 fully saturated rings. The lowest BCUT2D eigenvalue weighted by molar-refractivity contribution is 0.262. The van der Waals surface area contributed by atoms with Crippen molar-refractivity contribution in [2.24, 2.45) is 7.05 Å². The van der Waals surface area contributed by atoms with Crippen molar-refractivity contribution in [1.29, 1.82) is 0 Å². The van der Waals surface area contributed by atoms with Crippen molar-refractivity contribution in [3.05, 3.63) is 65.0 Å². The van der Waals surface area contributed by atoms with Gasteiger partial charge in [0.05, 0.1) is 18.9 Å². The first-order valence-electron chi connectivity index (χ1n) is 9.62. The van der Waals surface area contributed by atoms with Gasteiger partial charge in [-0.3, -0.25) is 4.79 Å². The van der Waals surface area contributed by atoms with Gasteiger partial charge < -0.3 is 20.1 Å². The number of aromatic nitrogens is 2. The summed E-state index contributed by atoms with van der Waals surface area (Å²) in [6.45, 7) is 4.80. The van der Waals surface area contributed by atoms with E-state index in [1.807, 2.05) is 26.0 Å². The van der Waals surface area contributed by atoms with Crippen molar-refractivity contribution in [3.63, 3.8) is 0 Å². The van der Waals surface area contributed by atoms with Gasteiger partial charge in [0.15, 0.2) is 11.5 Å². The van der Waals surface area contributed by atoms with E-state index in [0.717, 1.165) is 5.56 Å². The Morgan fingerprint density at radius 1 is 0.900 bits per heavy atom. The van der Waals surface area contributed by atoms with Crippen LogP contribution in [0.15, 0.2) is 59.4 Å². The average molecular weight is 408 g/mol. The molecule has 1 aromatic heterocycles. The van der Waals surface area contributed by atoms with Crippen molar-refractivity contribution >= 4 is 17.4 Å². The van der Waals surface area contributed by atoms with Gasteiger partial charge in [-0.05, 0) is 44.2 Å². The molecule has 0 radical (unpaired) electrons. The Balaban J connectivity index is 1.66. The molecular weight excluding hydrogens is 384 g/mol. The number of anilines is 2. The van der Waals surface area contributed by atoms with Crippen LogP contribution in [-0.4, -0.2) is 29.0 Å². The van der Waals surface area contributed by atoms with E-state index < -0.39 is 0 Å². The third kappa shape index (κ3) is 5.16. The largest absolute Gasteiger partial charge is 0.490 e. The third-order valence-corrected chi connectivity index (χ3v) is 4.20. The minimum atomic E-state index is -0.380. The number of hydrogen-bond acceptors (Lipinski definition) is 5. The van der Waals surface area contributed by atoms with Crippen LogP contribution in [0.4, 0.5) is 16.2 Å². The number of ether oxygens (including phenoxy) is 2. The van der Waals surface area contributed by atoms with Crippen LogP contribution >= 0.6 is 0 Å². The lowest BCUT2D eigenvalue weighted by Gasteiger charge is -2.13. The normalized spacial score (nSPS) is 10.4. The zero-order valence-corrected chi connectivity index (χ0v) is 17.1. The summed E-state index contributed by atoms with van der Waals surface area (Å²) in [5.74, 6) is 1.21. The van der Waals surface area contributed by atoms with Gasteiger partial charge in [-0.2, -0.15) is 5.10 Å². The topological polar surface area (TPSA) is 94.5 Å². The number of aryl methyl sites for hydroxylation is 1. The molecule has 0 atom stereocenters.